The van der Waals surface area contributed by atoms with E-state index in [4.69, 9.17) is 4.42 Å². The van der Waals surface area contributed by atoms with Gasteiger partial charge in [0.1, 0.15) is 10.9 Å². The molecular formula is C19H13N5O2S. The molecule has 5 rings (SSSR count). The van der Waals surface area contributed by atoms with Crippen LogP contribution in [-0.2, 0) is 5.75 Å². The molecule has 27 heavy (non-hydrogen) atoms. The lowest BCUT2D eigenvalue weighted by atomic mass is 10.3. The first kappa shape index (κ1) is 15.8. The normalized spacial score (nSPS) is 11.4. The molecule has 0 spiro atoms. The highest BCUT2D eigenvalue weighted by Gasteiger charge is 2.13. The number of rotatable bonds is 4. The topological polar surface area (TPSA) is 89.6 Å². The van der Waals surface area contributed by atoms with Crippen molar-refractivity contribution in [1.29, 1.82) is 0 Å². The van der Waals surface area contributed by atoms with Crippen molar-refractivity contribution in [2.45, 2.75) is 10.6 Å². The Kier molecular flexibility index (Phi) is 3.75. The number of fused-ring (bicyclic) bond motifs is 2. The van der Waals surface area contributed by atoms with Crippen LogP contribution in [0.2, 0.25) is 0 Å². The number of nitrogens with zero attached hydrogens (tertiary/aromatic N) is 4. The smallest absolute Gasteiger partial charge is 0.261 e. The van der Waals surface area contributed by atoms with E-state index in [0.29, 0.717) is 22.7 Å². The maximum absolute atomic E-state index is 11.9. The largest absolute Gasteiger partial charge is 0.440 e. The van der Waals surface area contributed by atoms with E-state index in [-0.39, 0.29) is 5.56 Å². The van der Waals surface area contributed by atoms with Crippen LogP contribution in [0.5, 0.6) is 0 Å². The highest BCUT2D eigenvalue weighted by atomic mass is 32.2. The van der Waals surface area contributed by atoms with Crippen LogP contribution in [0.15, 0.2) is 75.2 Å². The molecule has 0 amide bonds. The number of para-hydroxylation sites is 3. The van der Waals surface area contributed by atoms with Crippen molar-refractivity contribution >= 4 is 33.9 Å². The Balaban J connectivity index is 1.50. The van der Waals surface area contributed by atoms with Crippen molar-refractivity contribution in [3.8, 4) is 5.69 Å². The van der Waals surface area contributed by atoms with Gasteiger partial charge in [0.2, 0.25) is 5.89 Å². The van der Waals surface area contributed by atoms with Crippen molar-refractivity contribution in [2.75, 3.05) is 0 Å². The van der Waals surface area contributed by atoms with Gasteiger partial charge in [-0.15, -0.1) is 11.8 Å². The molecule has 2 aromatic carbocycles. The van der Waals surface area contributed by atoms with Gasteiger partial charge < -0.3 is 9.40 Å². The Morgan fingerprint density at radius 3 is 2.89 bits per heavy atom. The van der Waals surface area contributed by atoms with Crippen LogP contribution in [0.4, 0.5) is 0 Å². The van der Waals surface area contributed by atoms with Crippen LogP contribution in [-0.4, -0.2) is 24.7 Å². The molecule has 0 radical (unpaired) electrons. The van der Waals surface area contributed by atoms with Gasteiger partial charge in [-0.05, 0) is 24.3 Å². The molecule has 7 nitrogen and oxygen atoms in total. The average molecular weight is 375 g/mol. The Labute approximate surface area is 157 Å². The number of aromatic nitrogens is 5. The van der Waals surface area contributed by atoms with Crippen LogP contribution >= 0.6 is 11.8 Å². The fraction of sp³-hybridized carbons (Fsp3) is 0.0526. The number of aromatic amines is 1. The Bertz CT molecular complexity index is 1290. The second-order valence-corrected chi connectivity index (χ2v) is 6.87. The van der Waals surface area contributed by atoms with Gasteiger partial charge in [0.25, 0.3) is 5.56 Å². The lowest BCUT2D eigenvalue weighted by Crippen LogP contribution is -2.07. The second kappa shape index (κ2) is 6.40. The third-order valence-electron chi connectivity index (χ3n) is 4.15. The van der Waals surface area contributed by atoms with Gasteiger partial charge in [-0.25, -0.2) is 14.6 Å². The predicted octanol–water partition coefficient (Wildman–Crippen LogP) is 3.54. The van der Waals surface area contributed by atoms with Crippen LogP contribution < -0.4 is 5.56 Å². The summed E-state index contributed by atoms with van der Waals surface area (Å²) in [7, 11) is 0. The zero-order valence-corrected chi connectivity index (χ0v) is 14.8. The molecule has 0 fully saturated rings. The number of benzene rings is 2. The maximum Gasteiger partial charge on any atom is 0.261 e. The van der Waals surface area contributed by atoms with Crippen molar-refractivity contribution in [1.82, 2.24) is 24.7 Å². The number of oxazole rings is 1. The molecule has 1 N–H and O–H groups in total. The predicted molar refractivity (Wildman–Crippen MR) is 103 cm³/mol. The molecule has 132 valence electrons. The monoisotopic (exact) mass is 375 g/mol. The van der Waals surface area contributed by atoms with Crippen molar-refractivity contribution in [3.63, 3.8) is 0 Å². The van der Waals surface area contributed by atoms with Gasteiger partial charge in [0, 0.05) is 4.90 Å². The van der Waals surface area contributed by atoms with Gasteiger partial charge in [0.05, 0.1) is 24.0 Å². The fourth-order valence-electron chi connectivity index (χ4n) is 2.91. The first-order chi connectivity index (χ1) is 13.3. The van der Waals surface area contributed by atoms with Gasteiger partial charge in [-0.1, -0.05) is 24.3 Å². The molecule has 0 aliphatic carbocycles. The third-order valence-corrected chi connectivity index (χ3v) is 5.20. The standard InChI is InChI=1S/C19H13N5O2S/c25-19-12-9-22-24(18(12)20-11-21-19)14-6-2-4-8-16(14)27-10-17-23-13-5-1-3-7-15(13)26-17/h1-9,11H,10H2,(H,20,21,25). The minimum atomic E-state index is -0.206. The van der Waals surface area contributed by atoms with Gasteiger partial charge in [-0.3, -0.25) is 4.79 Å². The Hall–Kier alpha value is -3.39. The average Bonchev–Trinajstić information content (AvgIpc) is 3.31. The maximum atomic E-state index is 11.9. The van der Waals surface area contributed by atoms with E-state index in [9.17, 15) is 4.79 Å². The summed E-state index contributed by atoms with van der Waals surface area (Å²) >= 11 is 1.60. The fourth-order valence-corrected chi connectivity index (χ4v) is 3.79. The van der Waals surface area contributed by atoms with E-state index in [1.54, 1.807) is 16.4 Å². The summed E-state index contributed by atoms with van der Waals surface area (Å²) in [5, 5.41) is 4.81. The molecular weight excluding hydrogens is 362 g/mol. The number of hydrogen-bond donors (Lipinski definition) is 1. The van der Waals surface area contributed by atoms with E-state index >= 15 is 0 Å². The van der Waals surface area contributed by atoms with Crippen LogP contribution in [0, 0.1) is 0 Å². The minimum absolute atomic E-state index is 0.206. The van der Waals surface area contributed by atoms with Gasteiger partial charge in [0.15, 0.2) is 11.2 Å². The third kappa shape index (κ3) is 2.80. The van der Waals surface area contributed by atoms with Crippen molar-refractivity contribution in [3.05, 3.63) is 77.3 Å². The number of hydrogen-bond acceptors (Lipinski definition) is 6. The molecule has 3 heterocycles. The summed E-state index contributed by atoms with van der Waals surface area (Å²) in [5.41, 5.74) is 2.80. The Morgan fingerprint density at radius 1 is 1.11 bits per heavy atom. The molecule has 0 aliphatic rings. The summed E-state index contributed by atoms with van der Waals surface area (Å²) in [4.78, 5) is 24.3. The minimum Gasteiger partial charge on any atom is -0.440 e. The summed E-state index contributed by atoms with van der Waals surface area (Å²) in [5.74, 6) is 1.25. The molecule has 0 aliphatic heterocycles. The lowest BCUT2D eigenvalue weighted by Gasteiger charge is -2.08. The quantitative estimate of drug-likeness (QED) is 0.483. The van der Waals surface area contributed by atoms with Crippen LogP contribution in [0.3, 0.4) is 0 Å². The lowest BCUT2D eigenvalue weighted by molar-refractivity contribution is 0.556. The first-order valence-corrected chi connectivity index (χ1v) is 9.26. The summed E-state index contributed by atoms with van der Waals surface area (Å²) in [6.45, 7) is 0. The van der Waals surface area contributed by atoms with Crippen molar-refractivity contribution in [2.24, 2.45) is 0 Å². The highest BCUT2D eigenvalue weighted by molar-refractivity contribution is 7.98. The molecule has 5 aromatic rings. The SMILES string of the molecule is O=c1[nH]cnc2c1cnn2-c1ccccc1SCc1nc2ccccc2o1. The number of H-pyrrole nitrogens is 1. The van der Waals surface area contributed by atoms with Crippen LogP contribution in [0.1, 0.15) is 5.89 Å². The Morgan fingerprint density at radius 2 is 1.96 bits per heavy atom. The first-order valence-electron chi connectivity index (χ1n) is 8.28. The van der Waals surface area contributed by atoms with E-state index in [1.807, 2.05) is 48.5 Å². The van der Waals surface area contributed by atoms with E-state index in [1.165, 1.54) is 12.5 Å². The van der Waals surface area contributed by atoms with E-state index in [0.717, 1.165) is 21.7 Å². The zero-order valence-electron chi connectivity index (χ0n) is 14.0. The summed E-state index contributed by atoms with van der Waals surface area (Å²) < 4.78 is 7.47. The number of thioether (sulfide) groups is 1. The molecule has 0 unspecified atom stereocenters. The molecule has 0 bridgehead atoms. The molecule has 0 atom stereocenters. The van der Waals surface area contributed by atoms with E-state index < -0.39 is 0 Å². The molecule has 8 heteroatoms. The molecule has 3 aromatic heterocycles. The molecule has 0 saturated carbocycles. The molecule has 0 saturated heterocycles. The summed E-state index contributed by atoms with van der Waals surface area (Å²) in [6, 6.07) is 15.5. The van der Waals surface area contributed by atoms with E-state index in [2.05, 4.69) is 20.1 Å². The van der Waals surface area contributed by atoms with Gasteiger partial charge in [-0.2, -0.15) is 5.10 Å². The number of nitrogens with one attached hydrogen (secondary N) is 1. The summed E-state index contributed by atoms with van der Waals surface area (Å²) in [6.07, 6.45) is 2.92. The highest BCUT2D eigenvalue weighted by Crippen LogP contribution is 2.30. The zero-order chi connectivity index (χ0) is 18.2. The second-order valence-electron chi connectivity index (χ2n) is 5.86. The van der Waals surface area contributed by atoms with Gasteiger partial charge >= 0.3 is 0 Å². The van der Waals surface area contributed by atoms with Crippen molar-refractivity contribution < 1.29 is 4.42 Å². The van der Waals surface area contributed by atoms with Crippen LogP contribution in [0.25, 0.3) is 27.8 Å².